The van der Waals surface area contributed by atoms with E-state index in [1.807, 2.05) is 18.2 Å². The first kappa shape index (κ1) is 28.3. The molecule has 2 aromatic carbocycles. The zero-order valence-electron chi connectivity index (χ0n) is 23.8. The summed E-state index contributed by atoms with van der Waals surface area (Å²) < 4.78 is 40.5. The highest BCUT2D eigenvalue weighted by molar-refractivity contribution is 5.78. The van der Waals surface area contributed by atoms with E-state index in [-0.39, 0.29) is 5.82 Å². The molecular formula is C31H37F2N7O2. The van der Waals surface area contributed by atoms with Crippen LogP contribution in [0.2, 0.25) is 0 Å². The molecule has 1 saturated carbocycles. The van der Waals surface area contributed by atoms with Gasteiger partial charge >= 0.3 is 0 Å². The first-order chi connectivity index (χ1) is 20.6. The largest absolute Gasteiger partial charge is 0.497 e. The predicted octanol–water partition coefficient (Wildman–Crippen LogP) is 5.36. The summed E-state index contributed by atoms with van der Waals surface area (Å²) in [6.45, 7) is 4.10. The summed E-state index contributed by atoms with van der Waals surface area (Å²) in [6.07, 6.45) is 1.63. The van der Waals surface area contributed by atoms with Crippen molar-refractivity contribution in [3.8, 4) is 11.6 Å². The molecule has 3 heterocycles. The van der Waals surface area contributed by atoms with Gasteiger partial charge in [-0.1, -0.05) is 24.3 Å². The van der Waals surface area contributed by atoms with Crippen molar-refractivity contribution in [1.29, 1.82) is 0 Å². The molecule has 0 unspecified atom stereocenters. The predicted molar refractivity (Wildman–Crippen MR) is 159 cm³/mol. The molecule has 0 bridgehead atoms. The highest BCUT2D eigenvalue weighted by Gasteiger charge is 2.24. The molecule has 0 amide bonds. The third kappa shape index (κ3) is 6.47. The van der Waals surface area contributed by atoms with Gasteiger partial charge in [-0.25, -0.2) is 13.8 Å². The Hall–Kier alpha value is -3.83. The van der Waals surface area contributed by atoms with Crippen LogP contribution in [0.4, 0.5) is 20.5 Å². The molecule has 0 spiro atoms. The van der Waals surface area contributed by atoms with E-state index >= 15 is 0 Å². The number of ether oxygens (including phenoxy) is 2. The number of rotatable bonds is 10. The number of fused-ring (bicyclic) bond motifs is 1. The number of nitrogens with one attached hydrogen (secondary N) is 2. The van der Waals surface area contributed by atoms with Crippen LogP contribution in [0.5, 0.6) is 5.75 Å². The van der Waals surface area contributed by atoms with Gasteiger partial charge in [0.15, 0.2) is 5.82 Å². The summed E-state index contributed by atoms with van der Waals surface area (Å²) in [5, 5.41) is 7.14. The molecule has 2 aromatic heterocycles. The van der Waals surface area contributed by atoms with Gasteiger partial charge < -0.3 is 25.0 Å². The molecule has 6 rings (SSSR count). The Kier molecular flexibility index (Phi) is 8.76. The fraction of sp³-hybridized carbons (Fsp3) is 0.452. The van der Waals surface area contributed by atoms with Gasteiger partial charge in [-0.2, -0.15) is 9.97 Å². The monoisotopic (exact) mass is 577 g/mol. The minimum atomic E-state index is -2.75. The maximum Gasteiger partial charge on any atom is 0.296 e. The number of benzene rings is 2. The number of aromatic nitrogens is 4. The van der Waals surface area contributed by atoms with E-state index in [0.717, 1.165) is 44.5 Å². The lowest BCUT2D eigenvalue weighted by Gasteiger charge is -2.30. The molecule has 42 heavy (non-hydrogen) atoms. The molecular weight excluding hydrogens is 540 g/mol. The second kappa shape index (κ2) is 13.0. The molecule has 0 radical (unpaired) electrons. The van der Waals surface area contributed by atoms with Crippen LogP contribution in [-0.2, 0) is 11.3 Å². The Morgan fingerprint density at radius 1 is 0.952 bits per heavy atom. The molecule has 1 aliphatic heterocycles. The third-order valence-electron chi connectivity index (χ3n) is 8.19. The topological polar surface area (TPSA) is 89.4 Å². The SMILES string of the molecule is COc1ccc(CN[C@H]2CC[C@H](CNc3nc(N4CCOCC4)cc(-n4c(C(F)F)nc5ccccc54)n3)CC2)cc1. The van der Waals surface area contributed by atoms with Crippen molar-refractivity contribution in [3.05, 3.63) is 66.0 Å². The van der Waals surface area contributed by atoms with E-state index in [1.54, 1.807) is 31.4 Å². The van der Waals surface area contributed by atoms with Gasteiger partial charge in [0.25, 0.3) is 6.43 Å². The first-order valence-corrected chi connectivity index (χ1v) is 14.7. The van der Waals surface area contributed by atoms with Crippen molar-refractivity contribution < 1.29 is 18.3 Å². The van der Waals surface area contributed by atoms with Crippen LogP contribution in [0, 0.1) is 5.92 Å². The van der Waals surface area contributed by atoms with E-state index in [2.05, 4.69) is 32.7 Å². The number of imidazole rings is 1. The summed E-state index contributed by atoms with van der Waals surface area (Å²) in [4.78, 5) is 15.9. The zero-order valence-corrected chi connectivity index (χ0v) is 23.8. The molecule has 2 N–H and O–H groups in total. The maximum atomic E-state index is 14.1. The molecule has 1 saturated heterocycles. The number of alkyl halides is 2. The van der Waals surface area contributed by atoms with E-state index in [0.29, 0.717) is 66.9 Å². The maximum absolute atomic E-state index is 14.1. The summed E-state index contributed by atoms with van der Waals surface area (Å²) in [5.41, 5.74) is 2.34. The minimum absolute atomic E-state index is 0.325. The van der Waals surface area contributed by atoms with Gasteiger partial charge in [0, 0.05) is 38.3 Å². The van der Waals surface area contributed by atoms with Crippen molar-refractivity contribution >= 4 is 22.8 Å². The fourth-order valence-electron chi connectivity index (χ4n) is 5.81. The number of methoxy groups -OCH3 is 1. The van der Waals surface area contributed by atoms with E-state index < -0.39 is 6.43 Å². The number of nitrogens with zero attached hydrogens (tertiary/aromatic N) is 5. The lowest BCUT2D eigenvalue weighted by Crippen LogP contribution is -2.37. The minimum Gasteiger partial charge on any atom is -0.497 e. The number of morpholine rings is 1. The Labute approximate surface area is 244 Å². The Bertz CT molecular complexity index is 1470. The number of halogens is 2. The molecule has 9 nitrogen and oxygen atoms in total. The van der Waals surface area contributed by atoms with Crippen LogP contribution < -0.4 is 20.3 Å². The fourth-order valence-corrected chi connectivity index (χ4v) is 5.81. The molecule has 4 aromatic rings. The second-order valence-corrected chi connectivity index (χ2v) is 10.9. The van der Waals surface area contributed by atoms with Gasteiger partial charge in [0.2, 0.25) is 5.95 Å². The number of anilines is 2. The van der Waals surface area contributed by atoms with Crippen LogP contribution in [0.1, 0.15) is 43.5 Å². The Morgan fingerprint density at radius 3 is 2.43 bits per heavy atom. The third-order valence-corrected chi connectivity index (χ3v) is 8.19. The summed E-state index contributed by atoms with van der Waals surface area (Å²) in [6, 6.07) is 17.6. The van der Waals surface area contributed by atoms with Gasteiger partial charge in [-0.05, 0) is 61.4 Å². The molecule has 222 valence electrons. The quantitative estimate of drug-likeness (QED) is 0.261. The van der Waals surface area contributed by atoms with Gasteiger partial charge in [0.05, 0.1) is 31.4 Å². The lowest BCUT2D eigenvalue weighted by molar-refractivity contribution is 0.122. The first-order valence-electron chi connectivity index (χ1n) is 14.7. The average molecular weight is 578 g/mol. The van der Waals surface area contributed by atoms with E-state index in [1.165, 1.54) is 10.1 Å². The van der Waals surface area contributed by atoms with E-state index in [9.17, 15) is 8.78 Å². The summed E-state index contributed by atoms with van der Waals surface area (Å²) >= 11 is 0. The van der Waals surface area contributed by atoms with Crippen molar-refractivity contribution in [3.63, 3.8) is 0 Å². The normalized spacial score (nSPS) is 19.4. The molecule has 11 heteroatoms. The molecule has 1 aliphatic carbocycles. The van der Waals surface area contributed by atoms with Crippen molar-refractivity contribution in [1.82, 2.24) is 24.8 Å². The highest BCUT2D eigenvalue weighted by Crippen LogP contribution is 2.30. The smallest absolute Gasteiger partial charge is 0.296 e. The number of hydrogen-bond acceptors (Lipinski definition) is 8. The van der Waals surface area contributed by atoms with Crippen LogP contribution in [0.25, 0.3) is 16.9 Å². The van der Waals surface area contributed by atoms with Gasteiger partial charge in [-0.15, -0.1) is 0 Å². The molecule has 0 atom stereocenters. The van der Waals surface area contributed by atoms with E-state index in [4.69, 9.17) is 19.4 Å². The Balaban J connectivity index is 1.15. The van der Waals surface area contributed by atoms with Crippen LogP contribution in [-0.4, -0.2) is 65.5 Å². The van der Waals surface area contributed by atoms with Gasteiger partial charge in [0.1, 0.15) is 17.4 Å². The van der Waals surface area contributed by atoms with Crippen molar-refractivity contribution in [2.45, 2.75) is 44.7 Å². The summed E-state index contributed by atoms with van der Waals surface area (Å²) in [7, 11) is 1.68. The van der Waals surface area contributed by atoms with Crippen LogP contribution in [0.15, 0.2) is 54.6 Å². The lowest BCUT2D eigenvalue weighted by atomic mass is 9.86. The van der Waals surface area contributed by atoms with Crippen molar-refractivity contribution in [2.75, 3.05) is 50.2 Å². The second-order valence-electron chi connectivity index (χ2n) is 10.9. The van der Waals surface area contributed by atoms with Crippen molar-refractivity contribution in [2.24, 2.45) is 5.92 Å². The molecule has 2 fully saturated rings. The van der Waals surface area contributed by atoms with Crippen LogP contribution in [0.3, 0.4) is 0 Å². The van der Waals surface area contributed by atoms with Crippen LogP contribution >= 0.6 is 0 Å². The molecule has 2 aliphatic rings. The van der Waals surface area contributed by atoms with Gasteiger partial charge in [-0.3, -0.25) is 4.57 Å². The number of hydrogen-bond donors (Lipinski definition) is 2. The summed E-state index contributed by atoms with van der Waals surface area (Å²) in [5.74, 6) is 2.53. The average Bonchev–Trinajstić information content (AvgIpc) is 3.44. The number of para-hydroxylation sites is 2. The standard InChI is InChI=1S/C31H37F2N7O2/c1-41-24-12-8-22(9-13-24)19-34-23-10-6-21(7-11-23)20-35-31-37-27(39-14-16-42-17-15-39)18-28(38-31)40-26-5-3-2-4-25(26)36-30(40)29(32)33/h2-5,8-9,12-13,18,21,23,29,34H,6-7,10-11,14-17,19-20H2,1H3,(H,35,37,38)/t21-,23-. The highest BCUT2D eigenvalue weighted by atomic mass is 19.3. The Morgan fingerprint density at radius 2 is 1.69 bits per heavy atom. The zero-order chi connectivity index (χ0) is 28.9.